The van der Waals surface area contributed by atoms with Crippen LogP contribution >= 0.6 is 0 Å². The van der Waals surface area contributed by atoms with Gasteiger partial charge in [-0.1, -0.05) is 26.8 Å². The number of rotatable bonds is 7. The van der Waals surface area contributed by atoms with Gasteiger partial charge in [-0.25, -0.2) is 0 Å². The van der Waals surface area contributed by atoms with Gasteiger partial charge in [0, 0.05) is 39.0 Å². The number of nitrogens with zero attached hydrogens (tertiary/aromatic N) is 2. The second kappa shape index (κ2) is 8.00. The lowest BCUT2D eigenvalue weighted by Gasteiger charge is -2.25. The predicted octanol–water partition coefficient (Wildman–Crippen LogP) is 2.88. The average Bonchev–Trinajstić information content (AvgIpc) is 2.41. The van der Waals surface area contributed by atoms with Crippen molar-refractivity contribution in [1.82, 2.24) is 9.88 Å². The molecule has 0 saturated carbocycles. The van der Waals surface area contributed by atoms with Gasteiger partial charge in [0.05, 0.1) is 6.61 Å². The van der Waals surface area contributed by atoms with Gasteiger partial charge < -0.3 is 9.64 Å². The number of hydrogen-bond acceptors (Lipinski definition) is 3. The summed E-state index contributed by atoms with van der Waals surface area (Å²) in [5, 5.41) is 0. The SMILES string of the molecule is COCCN(Cc1cccnc1)C(=O)CCC(C)(C)C. The van der Waals surface area contributed by atoms with Crippen LogP contribution in [0, 0.1) is 5.41 Å². The highest BCUT2D eigenvalue weighted by atomic mass is 16.5. The summed E-state index contributed by atoms with van der Waals surface area (Å²) < 4.78 is 5.10. The third-order valence-electron chi connectivity index (χ3n) is 3.10. The van der Waals surface area contributed by atoms with Crippen molar-refractivity contribution >= 4 is 5.91 Å². The summed E-state index contributed by atoms with van der Waals surface area (Å²) in [6.07, 6.45) is 5.01. The van der Waals surface area contributed by atoms with Crippen LogP contribution in [-0.2, 0) is 16.1 Å². The molecule has 0 atom stereocenters. The Labute approximate surface area is 122 Å². The van der Waals surface area contributed by atoms with E-state index in [-0.39, 0.29) is 11.3 Å². The maximum Gasteiger partial charge on any atom is 0.222 e. The molecule has 112 valence electrons. The highest BCUT2D eigenvalue weighted by Gasteiger charge is 2.18. The van der Waals surface area contributed by atoms with Crippen molar-refractivity contribution in [3.63, 3.8) is 0 Å². The van der Waals surface area contributed by atoms with E-state index in [0.717, 1.165) is 12.0 Å². The second-order valence-corrected chi connectivity index (χ2v) is 6.23. The van der Waals surface area contributed by atoms with Crippen molar-refractivity contribution in [2.24, 2.45) is 5.41 Å². The van der Waals surface area contributed by atoms with Gasteiger partial charge in [0.15, 0.2) is 0 Å². The van der Waals surface area contributed by atoms with E-state index in [1.165, 1.54) is 0 Å². The van der Waals surface area contributed by atoms with E-state index in [9.17, 15) is 4.79 Å². The van der Waals surface area contributed by atoms with Crippen molar-refractivity contribution in [1.29, 1.82) is 0 Å². The third-order valence-corrected chi connectivity index (χ3v) is 3.10. The first-order chi connectivity index (χ1) is 9.42. The van der Waals surface area contributed by atoms with Crippen molar-refractivity contribution < 1.29 is 9.53 Å². The first kappa shape index (κ1) is 16.6. The average molecular weight is 278 g/mol. The summed E-state index contributed by atoms with van der Waals surface area (Å²) in [4.78, 5) is 18.3. The number of carbonyl (C=O) groups excluding carboxylic acids is 1. The number of aromatic nitrogens is 1. The summed E-state index contributed by atoms with van der Waals surface area (Å²) in [6.45, 7) is 8.23. The molecule has 1 aromatic heterocycles. The summed E-state index contributed by atoms with van der Waals surface area (Å²) in [5.41, 5.74) is 1.23. The topological polar surface area (TPSA) is 42.4 Å². The smallest absolute Gasteiger partial charge is 0.222 e. The zero-order valence-corrected chi connectivity index (χ0v) is 13.1. The quantitative estimate of drug-likeness (QED) is 0.770. The zero-order valence-electron chi connectivity index (χ0n) is 13.1. The first-order valence-electron chi connectivity index (χ1n) is 7.08. The lowest BCUT2D eigenvalue weighted by atomic mass is 9.90. The van der Waals surface area contributed by atoms with Crippen LogP contribution in [0.4, 0.5) is 0 Å². The molecule has 0 bridgehead atoms. The summed E-state index contributed by atoms with van der Waals surface area (Å²) in [5.74, 6) is 0.181. The Bertz CT molecular complexity index is 399. The zero-order chi connectivity index (χ0) is 15.0. The van der Waals surface area contributed by atoms with Gasteiger partial charge in [0.2, 0.25) is 5.91 Å². The molecule has 0 fully saturated rings. The summed E-state index contributed by atoms with van der Waals surface area (Å²) in [6, 6.07) is 3.88. The van der Waals surface area contributed by atoms with E-state index in [1.807, 2.05) is 17.0 Å². The summed E-state index contributed by atoms with van der Waals surface area (Å²) >= 11 is 0. The molecule has 0 unspecified atom stereocenters. The lowest BCUT2D eigenvalue weighted by Crippen LogP contribution is -2.34. The molecule has 0 aliphatic heterocycles. The van der Waals surface area contributed by atoms with Gasteiger partial charge in [0.25, 0.3) is 0 Å². The Balaban J connectivity index is 2.61. The molecule has 1 aromatic rings. The molecule has 0 saturated heterocycles. The van der Waals surface area contributed by atoms with E-state index in [4.69, 9.17) is 4.74 Å². The van der Waals surface area contributed by atoms with Gasteiger partial charge in [-0.3, -0.25) is 9.78 Å². The Morgan fingerprint density at radius 3 is 2.70 bits per heavy atom. The molecule has 0 spiro atoms. The fourth-order valence-corrected chi connectivity index (χ4v) is 1.85. The monoisotopic (exact) mass is 278 g/mol. The highest BCUT2D eigenvalue weighted by Crippen LogP contribution is 2.21. The Morgan fingerprint density at radius 1 is 1.40 bits per heavy atom. The molecule has 0 aliphatic rings. The van der Waals surface area contributed by atoms with Gasteiger partial charge in [-0.15, -0.1) is 0 Å². The van der Waals surface area contributed by atoms with Crippen LogP contribution in [0.15, 0.2) is 24.5 Å². The molecule has 0 N–H and O–H groups in total. The standard InChI is InChI=1S/C16H26N2O2/c1-16(2,3)8-7-15(19)18(10-11-20-4)13-14-6-5-9-17-12-14/h5-6,9,12H,7-8,10-11,13H2,1-4H3. The van der Waals surface area contributed by atoms with Crippen LogP contribution in [0.2, 0.25) is 0 Å². The molecule has 1 rings (SSSR count). The number of carbonyl (C=O) groups is 1. The molecule has 1 amide bonds. The maximum absolute atomic E-state index is 12.4. The van der Waals surface area contributed by atoms with Crippen LogP contribution in [-0.4, -0.2) is 36.1 Å². The normalized spacial score (nSPS) is 11.4. The van der Waals surface area contributed by atoms with Crippen molar-refractivity contribution in [2.45, 2.75) is 40.2 Å². The van der Waals surface area contributed by atoms with Crippen LogP contribution in [0.25, 0.3) is 0 Å². The van der Waals surface area contributed by atoms with Crippen molar-refractivity contribution in [2.75, 3.05) is 20.3 Å². The number of amides is 1. The van der Waals surface area contributed by atoms with E-state index >= 15 is 0 Å². The van der Waals surface area contributed by atoms with E-state index in [0.29, 0.717) is 26.1 Å². The molecule has 20 heavy (non-hydrogen) atoms. The number of hydrogen-bond donors (Lipinski definition) is 0. The van der Waals surface area contributed by atoms with E-state index in [2.05, 4.69) is 25.8 Å². The molecular weight excluding hydrogens is 252 g/mol. The lowest BCUT2D eigenvalue weighted by molar-refractivity contribution is -0.133. The first-order valence-corrected chi connectivity index (χ1v) is 7.08. The Hall–Kier alpha value is -1.42. The fraction of sp³-hybridized carbons (Fsp3) is 0.625. The van der Waals surface area contributed by atoms with Gasteiger partial charge in [0.1, 0.15) is 0 Å². The van der Waals surface area contributed by atoms with Gasteiger partial charge in [-0.2, -0.15) is 0 Å². The minimum absolute atomic E-state index is 0.177. The van der Waals surface area contributed by atoms with Gasteiger partial charge in [-0.05, 0) is 23.5 Å². The number of ether oxygens (including phenoxy) is 1. The van der Waals surface area contributed by atoms with Crippen LogP contribution in [0.5, 0.6) is 0 Å². The highest BCUT2D eigenvalue weighted by molar-refractivity contribution is 5.76. The molecule has 4 heteroatoms. The van der Waals surface area contributed by atoms with Crippen molar-refractivity contribution in [3.05, 3.63) is 30.1 Å². The molecule has 0 aliphatic carbocycles. The van der Waals surface area contributed by atoms with E-state index < -0.39 is 0 Å². The number of pyridine rings is 1. The largest absolute Gasteiger partial charge is 0.383 e. The molecule has 1 heterocycles. The fourth-order valence-electron chi connectivity index (χ4n) is 1.85. The van der Waals surface area contributed by atoms with E-state index in [1.54, 1.807) is 19.5 Å². The maximum atomic E-state index is 12.4. The van der Waals surface area contributed by atoms with Crippen LogP contribution < -0.4 is 0 Å². The molecule has 0 aromatic carbocycles. The third kappa shape index (κ3) is 6.66. The van der Waals surface area contributed by atoms with Crippen LogP contribution in [0.1, 0.15) is 39.2 Å². The number of methoxy groups -OCH3 is 1. The minimum atomic E-state index is 0.177. The Morgan fingerprint density at radius 2 is 2.15 bits per heavy atom. The predicted molar refractivity (Wildman–Crippen MR) is 80.2 cm³/mol. The summed E-state index contributed by atoms with van der Waals surface area (Å²) in [7, 11) is 1.65. The van der Waals surface area contributed by atoms with Crippen molar-refractivity contribution in [3.8, 4) is 0 Å². The second-order valence-electron chi connectivity index (χ2n) is 6.23. The Kier molecular flexibility index (Phi) is 6.65. The van der Waals surface area contributed by atoms with Crippen LogP contribution in [0.3, 0.4) is 0 Å². The molecular formula is C16H26N2O2. The molecule has 4 nitrogen and oxygen atoms in total. The molecule has 0 radical (unpaired) electrons. The van der Waals surface area contributed by atoms with Gasteiger partial charge >= 0.3 is 0 Å². The minimum Gasteiger partial charge on any atom is -0.383 e.